The van der Waals surface area contributed by atoms with Crippen LogP contribution in [0.25, 0.3) is 0 Å². The number of likely N-dealkylation sites (N-methyl/N-ethyl adjacent to an activating group) is 1. The Morgan fingerprint density at radius 1 is 1.24 bits per heavy atom. The zero-order valence-electron chi connectivity index (χ0n) is 17.1. The summed E-state index contributed by atoms with van der Waals surface area (Å²) in [5.41, 5.74) is 2.26. The second-order valence-electron chi connectivity index (χ2n) is 7.86. The first kappa shape index (κ1) is 20.0. The Morgan fingerprint density at radius 2 is 2.03 bits per heavy atom. The number of nitrogens with zero attached hydrogens (tertiary/aromatic N) is 2. The van der Waals surface area contributed by atoms with Gasteiger partial charge in [-0.1, -0.05) is 18.2 Å². The molecule has 0 saturated heterocycles. The molecule has 0 radical (unpaired) electrons. The van der Waals surface area contributed by atoms with Gasteiger partial charge >= 0.3 is 0 Å². The van der Waals surface area contributed by atoms with Crippen LogP contribution in [-0.2, 0) is 16.0 Å². The summed E-state index contributed by atoms with van der Waals surface area (Å²) in [6.45, 7) is 5.79. The third-order valence-corrected chi connectivity index (χ3v) is 6.85. The van der Waals surface area contributed by atoms with Crippen LogP contribution in [0.1, 0.15) is 41.8 Å². The molecule has 0 N–H and O–H groups in total. The van der Waals surface area contributed by atoms with Crippen molar-refractivity contribution < 1.29 is 14.3 Å². The summed E-state index contributed by atoms with van der Waals surface area (Å²) in [4.78, 5) is 30.6. The summed E-state index contributed by atoms with van der Waals surface area (Å²) >= 11 is 1.75. The SMILES string of the molecule is CCN(CC(=O)N1CCc2sccc2[C@@H]1COc1ccccc1C)C(=O)C1CC1. The molecule has 1 aromatic carbocycles. The molecule has 5 nitrogen and oxygen atoms in total. The van der Waals surface area contributed by atoms with Crippen molar-refractivity contribution in [3.8, 4) is 5.75 Å². The number of rotatable bonds is 7. The van der Waals surface area contributed by atoms with E-state index in [0.29, 0.717) is 19.7 Å². The van der Waals surface area contributed by atoms with Gasteiger partial charge in [0.15, 0.2) is 0 Å². The Hall–Kier alpha value is -2.34. The number of carbonyl (C=O) groups excluding carboxylic acids is 2. The molecule has 29 heavy (non-hydrogen) atoms. The first-order valence-electron chi connectivity index (χ1n) is 10.4. The van der Waals surface area contributed by atoms with Crippen molar-refractivity contribution in [1.82, 2.24) is 9.80 Å². The summed E-state index contributed by atoms with van der Waals surface area (Å²) in [5.74, 6) is 1.12. The van der Waals surface area contributed by atoms with Crippen LogP contribution in [0, 0.1) is 12.8 Å². The van der Waals surface area contributed by atoms with Gasteiger partial charge in [-0.25, -0.2) is 0 Å². The van der Waals surface area contributed by atoms with Crippen molar-refractivity contribution in [3.05, 3.63) is 51.7 Å². The molecule has 1 aliphatic heterocycles. The standard InChI is InChI=1S/C23H28N2O3S/c1-3-24(23(27)17-8-9-17)14-22(26)25-12-10-21-18(11-13-29-21)19(25)15-28-20-7-5-4-6-16(20)2/h4-7,11,13,17,19H,3,8-10,12,14-15H2,1-2H3/t19-/m0/s1. The van der Waals surface area contributed by atoms with Gasteiger partial charge in [-0.05, 0) is 61.7 Å². The normalized spacial score (nSPS) is 18.3. The van der Waals surface area contributed by atoms with Crippen molar-refractivity contribution in [2.45, 2.75) is 39.2 Å². The molecule has 1 aliphatic carbocycles. The number of amides is 2. The number of benzene rings is 1. The van der Waals surface area contributed by atoms with E-state index in [0.717, 1.165) is 30.6 Å². The smallest absolute Gasteiger partial charge is 0.242 e. The highest BCUT2D eigenvalue weighted by Gasteiger charge is 2.36. The molecule has 2 aliphatic rings. The average Bonchev–Trinajstić information content (AvgIpc) is 3.47. The minimum Gasteiger partial charge on any atom is -0.491 e. The van der Waals surface area contributed by atoms with Gasteiger partial charge in [0.05, 0.1) is 12.6 Å². The van der Waals surface area contributed by atoms with Crippen molar-refractivity contribution in [2.75, 3.05) is 26.2 Å². The Kier molecular flexibility index (Phi) is 5.90. The number of fused-ring (bicyclic) bond motifs is 1. The molecule has 1 aromatic heterocycles. The molecule has 1 atom stereocenters. The molecule has 154 valence electrons. The molecule has 2 heterocycles. The van der Waals surface area contributed by atoms with Crippen molar-refractivity contribution in [1.29, 1.82) is 0 Å². The Balaban J connectivity index is 1.50. The highest BCUT2D eigenvalue weighted by atomic mass is 32.1. The Bertz CT molecular complexity index is 890. The van der Waals surface area contributed by atoms with Crippen LogP contribution < -0.4 is 4.74 Å². The number of para-hydroxylation sites is 1. The van der Waals surface area contributed by atoms with Crippen LogP contribution in [0.3, 0.4) is 0 Å². The van der Waals surface area contributed by atoms with Gasteiger partial charge in [0.25, 0.3) is 0 Å². The lowest BCUT2D eigenvalue weighted by atomic mass is 10.0. The Labute approximate surface area is 176 Å². The number of hydrogen-bond acceptors (Lipinski definition) is 4. The fraction of sp³-hybridized carbons (Fsp3) is 0.478. The largest absolute Gasteiger partial charge is 0.491 e. The molecule has 4 rings (SSSR count). The summed E-state index contributed by atoms with van der Waals surface area (Å²) in [6, 6.07) is 9.94. The van der Waals surface area contributed by atoms with Crippen LogP contribution in [0.4, 0.5) is 0 Å². The predicted molar refractivity (Wildman–Crippen MR) is 114 cm³/mol. The van der Waals surface area contributed by atoms with Gasteiger partial charge in [0.2, 0.25) is 11.8 Å². The second kappa shape index (κ2) is 8.57. The molecule has 6 heteroatoms. The highest BCUT2D eigenvalue weighted by Crippen LogP contribution is 2.35. The van der Waals surface area contributed by atoms with E-state index in [1.54, 1.807) is 16.2 Å². The summed E-state index contributed by atoms with van der Waals surface area (Å²) in [7, 11) is 0. The molecular weight excluding hydrogens is 384 g/mol. The second-order valence-corrected chi connectivity index (χ2v) is 8.86. The van der Waals surface area contributed by atoms with Crippen molar-refractivity contribution >= 4 is 23.2 Å². The van der Waals surface area contributed by atoms with Gasteiger partial charge in [-0.15, -0.1) is 11.3 Å². The summed E-state index contributed by atoms with van der Waals surface area (Å²) in [5, 5.41) is 2.09. The fourth-order valence-electron chi connectivity index (χ4n) is 3.95. The number of ether oxygens (including phenoxy) is 1. The number of hydrogen-bond donors (Lipinski definition) is 0. The van der Waals surface area contributed by atoms with E-state index in [-0.39, 0.29) is 30.3 Å². The van der Waals surface area contributed by atoms with E-state index >= 15 is 0 Å². The van der Waals surface area contributed by atoms with Crippen LogP contribution >= 0.6 is 11.3 Å². The van der Waals surface area contributed by atoms with Crippen LogP contribution in [-0.4, -0.2) is 47.9 Å². The zero-order valence-corrected chi connectivity index (χ0v) is 17.9. The van der Waals surface area contributed by atoms with E-state index in [1.807, 2.05) is 43.0 Å². The van der Waals surface area contributed by atoms with E-state index in [2.05, 4.69) is 11.4 Å². The Morgan fingerprint density at radius 3 is 2.76 bits per heavy atom. The first-order chi connectivity index (χ1) is 14.1. The lowest BCUT2D eigenvalue weighted by molar-refractivity contribution is -0.143. The minimum atomic E-state index is -0.119. The van der Waals surface area contributed by atoms with Gasteiger partial charge < -0.3 is 14.5 Å². The van der Waals surface area contributed by atoms with Gasteiger partial charge in [-0.2, -0.15) is 0 Å². The lowest BCUT2D eigenvalue weighted by Crippen LogP contribution is -2.48. The van der Waals surface area contributed by atoms with Crippen LogP contribution in [0.2, 0.25) is 0 Å². The highest BCUT2D eigenvalue weighted by molar-refractivity contribution is 7.10. The maximum absolute atomic E-state index is 13.2. The third kappa shape index (κ3) is 4.32. The molecular formula is C23H28N2O3S. The molecule has 0 unspecified atom stereocenters. The van der Waals surface area contributed by atoms with Crippen molar-refractivity contribution in [3.63, 3.8) is 0 Å². The number of aryl methyl sites for hydroxylation is 1. The lowest BCUT2D eigenvalue weighted by Gasteiger charge is -2.37. The molecule has 2 amide bonds. The topological polar surface area (TPSA) is 49.9 Å². The first-order valence-corrected chi connectivity index (χ1v) is 11.3. The van der Waals surface area contributed by atoms with E-state index < -0.39 is 0 Å². The van der Waals surface area contributed by atoms with Crippen molar-refractivity contribution in [2.24, 2.45) is 5.92 Å². The van der Waals surface area contributed by atoms with Crippen LogP contribution in [0.15, 0.2) is 35.7 Å². The zero-order chi connectivity index (χ0) is 20.4. The monoisotopic (exact) mass is 412 g/mol. The maximum atomic E-state index is 13.2. The van der Waals surface area contributed by atoms with Gasteiger partial charge in [0.1, 0.15) is 12.4 Å². The predicted octanol–water partition coefficient (Wildman–Crippen LogP) is 3.82. The fourth-order valence-corrected chi connectivity index (χ4v) is 4.88. The summed E-state index contributed by atoms with van der Waals surface area (Å²) in [6.07, 6.45) is 2.78. The number of carbonyl (C=O) groups is 2. The summed E-state index contributed by atoms with van der Waals surface area (Å²) < 4.78 is 6.14. The third-order valence-electron chi connectivity index (χ3n) is 5.85. The average molecular weight is 413 g/mol. The van der Waals surface area contributed by atoms with Gasteiger partial charge in [0, 0.05) is 23.9 Å². The quantitative estimate of drug-likeness (QED) is 0.695. The maximum Gasteiger partial charge on any atom is 0.242 e. The molecule has 1 saturated carbocycles. The van der Waals surface area contributed by atoms with E-state index in [4.69, 9.17) is 4.74 Å². The van der Waals surface area contributed by atoms with Gasteiger partial charge in [-0.3, -0.25) is 9.59 Å². The van der Waals surface area contributed by atoms with E-state index in [1.165, 1.54) is 10.4 Å². The molecule has 1 fully saturated rings. The van der Waals surface area contributed by atoms with E-state index in [9.17, 15) is 9.59 Å². The minimum absolute atomic E-state index is 0.0103. The molecule has 0 spiro atoms. The number of thiophene rings is 1. The molecule has 0 bridgehead atoms. The van der Waals surface area contributed by atoms with Crippen LogP contribution in [0.5, 0.6) is 5.75 Å². The molecule has 2 aromatic rings.